The third-order valence-electron chi connectivity index (χ3n) is 7.74. The van der Waals surface area contributed by atoms with E-state index < -0.39 is 34.9 Å². The first-order valence-corrected chi connectivity index (χ1v) is 14.6. The Morgan fingerprint density at radius 1 is 0.643 bits per heavy atom. The summed E-state index contributed by atoms with van der Waals surface area (Å²) in [5.41, 5.74) is 1.02. The minimum absolute atomic E-state index is 0.0252. The molecule has 0 saturated carbocycles. The summed E-state index contributed by atoms with van der Waals surface area (Å²) in [6.07, 6.45) is 5.98. The molecule has 0 aromatic heterocycles. The van der Waals surface area contributed by atoms with E-state index in [0.717, 1.165) is 19.3 Å². The predicted octanol–water partition coefficient (Wildman–Crippen LogP) is 10.0. The van der Waals surface area contributed by atoms with Crippen molar-refractivity contribution in [3.05, 3.63) is 99.6 Å². The largest absolute Gasteiger partial charge is 0.490 e. The van der Waals surface area contributed by atoms with Gasteiger partial charge in [-0.25, -0.2) is 17.6 Å². The summed E-state index contributed by atoms with van der Waals surface area (Å²) in [6.45, 7) is 4.51. The molecule has 0 N–H and O–H groups in total. The van der Waals surface area contributed by atoms with Gasteiger partial charge in [0, 0.05) is 5.56 Å². The summed E-state index contributed by atoms with van der Waals surface area (Å²) in [4.78, 5) is 0. The lowest BCUT2D eigenvalue weighted by molar-refractivity contribution is 0.287. The topological polar surface area (TPSA) is 18.5 Å². The molecule has 3 aromatic carbocycles. The second-order valence-electron chi connectivity index (χ2n) is 10.6. The number of ether oxygens (including phenoxy) is 2. The summed E-state index contributed by atoms with van der Waals surface area (Å²) < 4.78 is 99.1. The Labute approximate surface area is 243 Å². The zero-order valence-corrected chi connectivity index (χ0v) is 24.0. The second kappa shape index (κ2) is 14.7. The monoisotopic (exact) mass is 590 g/mol. The number of aryl methyl sites for hydroxylation is 2. The molecule has 0 radical (unpaired) electrons. The van der Waals surface area contributed by atoms with Crippen molar-refractivity contribution < 1.29 is 35.8 Å². The third-order valence-corrected chi connectivity index (χ3v) is 7.74. The van der Waals surface area contributed by atoms with Gasteiger partial charge in [0.25, 0.3) is 0 Å². The maximum Gasteiger partial charge on any atom is 0.200 e. The third kappa shape index (κ3) is 7.13. The molecule has 3 aromatic rings. The summed E-state index contributed by atoms with van der Waals surface area (Å²) in [5, 5.41) is 0. The number of hydrogen-bond acceptors (Lipinski definition) is 2. The standard InChI is InChI=1S/C34H36F6O2/c1-3-5-19-41-27-17-14-24(30(36)33(27)39)12-11-23-13-15-25(31(37)29(23)35)21-7-9-22(10-8-21)26-16-18-28(34(40)32(26)38)42-20-6-4-2/h7,13-18,22H,3-6,8-12,19-20H2,1-2H3. The SMILES string of the molecule is CCCCOc1ccc(CCc2ccc(C3=CCC(c4ccc(OCCCC)c(F)c4F)CC3)c(F)c2F)c(F)c1F. The average molecular weight is 591 g/mol. The van der Waals surface area contributed by atoms with Gasteiger partial charge in [-0.05, 0) is 85.3 Å². The average Bonchev–Trinajstić information content (AvgIpc) is 2.99. The van der Waals surface area contributed by atoms with Crippen LogP contribution in [0, 0.1) is 34.9 Å². The van der Waals surface area contributed by atoms with Crippen molar-refractivity contribution >= 4 is 5.57 Å². The van der Waals surface area contributed by atoms with E-state index in [-0.39, 0.29) is 59.1 Å². The lowest BCUT2D eigenvalue weighted by Gasteiger charge is -2.24. The molecule has 226 valence electrons. The fraction of sp³-hybridized carbons (Fsp3) is 0.412. The first-order valence-electron chi connectivity index (χ1n) is 14.6. The molecule has 42 heavy (non-hydrogen) atoms. The Morgan fingerprint density at radius 3 is 1.76 bits per heavy atom. The Bertz CT molecular complexity index is 1420. The molecular weight excluding hydrogens is 554 g/mol. The Hall–Kier alpha value is -3.42. The van der Waals surface area contributed by atoms with Crippen LogP contribution in [0.15, 0.2) is 42.5 Å². The van der Waals surface area contributed by atoms with Gasteiger partial charge in [0.1, 0.15) is 0 Å². The molecule has 1 unspecified atom stereocenters. The van der Waals surface area contributed by atoms with Crippen LogP contribution in [-0.4, -0.2) is 13.2 Å². The molecule has 0 heterocycles. The van der Waals surface area contributed by atoms with Crippen LogP contribution < -0.4 is 9.47 Å². The van der Waals surface area contributed by atoms with Crippen LogP contribution in [0.2, 0.25) is 0 Å². The lowest BCUT2D eigenvalue weighted by atomic mass is 9.82. The lowest BCUT2D eigenvalue weighted by Crippen LogP contribution is -2.10. The van der Waals surface area contributed by atoms with Crippen molar-refractivity contribution in [2.24, 2.45) is 0 Å². The van der Waals surface area contributed by atoms with Crippen LogP contribution in [0.25, 0.3) is 5.57 Å². The molecule has 4 rings (SSSR count). The number of benzene rings is 3. The molecule has 1 aliphatic rings. The van der Waals surface area contributed by atoms with Crippen LogP contribution in [0.1, 0.15) is 87.0 Å². The van der Waals surface area contributed by atoms with Crippen molar-refractivity contribution in [3.63, 3.8) is 0 Å². The summed E-state index contributed by atoms with van der Waals surface area (Å²) in [5.74, 6) is -6.75. The fourth-order valence-corrected chi connectivity index (χ4v) is 5.16. The van der Waals surface area contributed by atoms with Crippen LogP contribution >= 0.6 is 0 Å². The van der Waals surface area contributed by atoms with Gasteiger partial charge in [-0.15, -0.1) is 0 Å². The van der Waals surface area contributed by atoms with E-state index >= 15 is 8.78 Å². The van der Waals surface area contributed by atoms with Gasteiger partial charge >= 0.3 is 0 Å². The molecule has 1 aliphatic carbocycles. The van der Waals surface area contributed by atoms with E-state index in [1.807, 2.05) is 13.8 Å². The molecular formula is C34H36F6O2. The van der Waals surface area contributed by atoms with E-state index in [4.69, 9.17) is 9.47 Å². The van der Waals surface area contributed by atoms with Gasteiger partial charge in [-0.2, -0.15) is 8.78 Å². The Morgan fingerprint density at radius 2 is 1.19 bits per heavy atom. The second-order valence-corrected chi connectivity index (χ2v) is 10.6. The van der Waals surface area contributed by atoms with Crippen LogP contribution in [-0.2, 0) is 12.8 Å². The molecule has 0 bridgehead atoms. The van der Waals surface area contributed by atoms with Crippen molar-refractivity contribution in [1.82, 2.24) is 0 Å². The van der Waals surface area contributed by atoms with Gasteiger partial charge in [-0.1, -0.05) is 57.0 Å². The fourth-order valence-electron chi connectivity index (χ4n) is 5.16. The first-order chi connectivity index (χ1) is 20.3. The molecule has 0 spiro atoms. The van der Waals surface area contributed by atoms with Crippen LogP contribution in [0.4, 0.5) is 26.3 Å². The molecule has 1 atom stereocenters. The van der Waals surface area contributed by atoms with Gasteiger partial charge < -0.3 is 9.47 Å². The van der Waals surface area contributed by atoms with Gasteiger partial charge in [0.15, 0.2) is 34.8 Å². The minimum atomic E-state index is -1.09. The zero-order valence-electron chi connectivity index (χ0n) is 24.0. The molecule has 0 amide bonds. The molecule has 8 heteroatoms. The van der Waals surface area contributed by atoms with Crippen molar-refractivity contribution in [1.29, 1.82) is 0 Å². The highest BCUT2D eigenvalue weighted by atomic mass is 19.2. The van der Waals surface area contributed by atoms with Crippen molar-refractivity contribution in [3.8, 4) is 11.5 Å². The first kappa shape index (κ1) is 31.5. The van der Waals surface area contributed by atoms with Crippen LogP contribution in [0.5, 0.6) is 11.5 Å². The molecule has 0 saturated heterocycles. The summed E-state index contributed by atoms with van der Waals surface area (Å²) >= 11 is 0. The van der Waals surface area contributed by atoms with Gasteiger partial charge in [-0.3, -0.25) is 0 Å². The summed E-state index contributed by atoms with van der Waals surface area (Å²) in [7, 11) is 0. The van der Waals surface area contributed by atoms with Gasteiger partial charge in [0.2, 0.25) is 11.6 Å². The van der Waals surface area contributed by atoms with Crippen molar-refractivity contribution in [2.45, 2.75) is 77.6 Å². The number of hydrogen-bond donors (Lipinski definition) is 0. The van der Waals surface area contributed by atoms with E-state index in [9.17, 15) is 17.6 Å². The highest BCUT2D eigenvalue weighted by Gasteiger charge is 2.26. The molecule has 2 nitrogen and oxygen atoms in total. The highest BCUT2D eigenvalue weighted by Crippen LogP contribution is 2.39. The minimum Gasteiger partial charge on any atom is -0.490 e. The smallest absolute Gasteiger partial charge is 0.200 e. The van der Waals surface area contributed by atoms with Gasteiger partial charge in [0.05, 0.1) is 13.2 Å². The maximum absolute atomic E-state index is 15.1. The van der Waals surface area contributed by atoms with E-state index in [1.54, 1.807) is 6.08 Å². The highest BCUT2D eigenvalue weighted by molar-refractivity contribution is 5.67. The molecule has 0 aliphatic heterocycles. The van der Waals surface area contributed by atoms with E-state index in [0.29, 0.717) is 37.9 Å². The zero-order chi connectivity index (χ0) is 30.2. The quantitative estimate of drug-likeness (QED) is 0.146. The summed E-state index contributed by atoms with van der Waals surface area (Å²) in [6, 6.07) is 8.63. The normalized spacial score (nSPS) is 15.0. The predicted molar refractivity (Wildman–Crippen MR) is 152 cm³/mol. The Balaban J connectivity index is 1.42. The number of unbranched alkanes of at least 4 members (excludes halogenated alkanes) is 2. The number of rotatable bonds is 13. The van der Waals surface area contributed by atoms with E-state index in [2.05, 4.69) is 0 Å². The van der Waals surface area contributed by atoms with Crippen molar-refractivity contribution in [2.75, 3.05) is 13.2 Å². The van der Waals surface area contributed by atoms with E-state index in [1.165, 1.54) is 36.4 Å². The van der Waals surface area contributed by atoms with Crippen LogP contribution in [0.3, 0.4) is 0 Å². The number of halogens is 6. The Kier molecular flexibility index (Phi) is 11.0. The maximum atomic E-state index is 15.1. The molecule has 0 fully saturated rings. The number of allylic oxidation sites excluding steroid dienone is 2.